The van der Waals surface area contributed by atoms with Crippen LogP contribution in [-0.2, 0) is 0 Å². The molecule has 0 radical (unpaired) electrons. The molecule has 0 unspecified atom stereocenters. The molecule has 0 fully saturated rings. The first-order valence-corrected chi connectivity index (χ1v) is 5.34. The fourth-order valence-electron chi connectivity index (χ4n) is 1.48. The maximum Gasteiger partial charge on any atom is 0.291 e. The Labute approximate surface area is 104 Å². The Balaban J connectivity index is 2.16. The van der Waals surface area contributed by atoms with Crippen LogP contribution in [0.1, 0.15) is 27.8 Å². The number of nitrogens with one attached hydrogen (secondary N) is 1. The highest BCUT2D eigenvalue weighted by Gasteiger charge is 2.11. The number of carbonyl (C=O) groups is 2. The van der Waals surface area contributed by atoms with E-state index in [-0.39, 0.29) is 17.4 Å². The number of furan rings is 1. The third-order valence-corrected chi connectivity index (χ3v) is 2.38. The van der Waals surface area contributed by atoms with Gasteiger partial charge in [-0.1, -0.05) is 12.1 Å². The lowest BCUT2D eigenvalue weighted by Crippen LogP contribution is -2.11. The summed E-state index contributed by atoms with van der Waals surface area (Å²) >= 11 is 0. The number of Topliss-reactive ketones (excluding diaryl/α,β-unsaturated/α-hetero) is 1. The number of hydrogen-bond acceptors (Lipinski definition) is 4. The maximum atomic E-state index is 11.8. The average Bonchev–Trinajstić information content (AvgIpc) is 2.76. The second kappa shape index (κ2) is 4.75. The highest BCUT2D eigenvalue weighted by molar-refractivity contribution is 6.03. The largest absolute Gasteiger partial charge is 0.436 e. The number of anilines is 2. The molecule has 5 heteroatoms. The molecule has 0 spiro atoms. The van der Waals surface area contributed by atoms with E-state index in [1.165, 1.54) is 19.1 Å². The van der Waals surface area contributed by atoms with Crippen LogP contribution in [0.4, 0.5) is 11.6 Å². The van der Waals surface area contributed by atoms with Gasteiger partial charge in [0.2, 0.25) is 0 Å². The summed E-state index contributed by atoms with van der Waals surface area (Å²) in [7, 11) is 0. The molecular formula is C13H12N2O3. The van der Waals surface area contributed by atoms with E-state index in [9.17, 15) is 9.59 Å². The van der Waals surface area contributed by atoms with Crippen molar-refractivity contribution in [1.82, 2.24) is 0 Å². The van der Waals surface area contributed by atoms with E-state index in [2.05, 4.69) is 5.32 Å². The minimum atomic E-state index is -0.410. The predicted octanol–water partition coefficient (Wildman–Crippen LogP) is 2.32. The first-order chi connectivity index (χ1) is 8.56. The van der Waals surface area contributed by atoms with Crippen LogP contribution in [0.2, 0.25) is 0 Å². The summed E-state index contributed by atoms with van der Waals surface area (Å²) in [6.45, 7) is 1.47. The number of hydrogen-bond donors (Lipinski definition) is 2. The van der Waals surface area contributed by atoms with Crippen LogP contribution in [0.25, 0.3) is 0 Å². The van der Waals surface area contributed by atoms with Gasteiger partial charge in [-0.25, -0.2) is 0 Å². The van der Waals surface area contributed by atoms with Gasteiger partial charge in [-0.2, -0.15) is 0 Å². The lowest BCUT2D eigenvalue weighted by Gasteiger charge is -2.04. The van der Waals surface area contributed by atoms with E-state index in [0.717, 1.165) is 0 Å². The normalized spacial score (nSPS) is 10.1. The van der Waals surface area contributed by atoms with Gasteiger partial charge in [0.05, 0.1) is 0 Å². The molecule has 0 bridgehead atoms. The molecule has 0 saturated carbocycles. The molecule has 3 N–H and O–H groups in total. The average molecular weight is 244 g/mol. The van der Waals surface area contributed by atoms with Gasteiger partial charge in [0.1, 0.15) is 0 Å². The maximum absolute atomic E-state index is 11.8. The number of benzene rings is 1. The fourth-order valence-corrected chi connectivity index (χ4v) is 1.48. The highest BCUT2D eigenvalue weighted by Crippen LogP contribution is 2.14. The third kappa shape index (κ3) is 2.57. The predicted molar refractivity (Wildman–Crippen MR) is 67.5 cm³/mol. The Kier molecular flexibility index (Phi) is 3.14. The quantitative estimate of drug-likeness (QED) is 0.811. The van der Waals surface area contributed by atoms with Crippen molar-refractivity contribution in [3.8, 4) is 0 Å². The van der Waals surface area contributed by atoms with Crippen molar-refractivity contribution >= 4 is 23.3 Å². The summed E-state index contributed by atoms with van der Waals surface area (Å²) in [5.41, 5.74) is 6.45. The van der Waals surface area contributed by atoms with E-state index in [0.29, 0.717) is 11.3 Å². The number of carbonyl (C=O) groups excluding carboxylic acids is 2. The molecule has 18 heavy (non-hydrogen) atoms. The van der Waals surface area contributed by atoms with Gasteiger partial charge in [-0.05, 0) is 25.1 Å². The number of nitrogens with two attached hydrogens (primary N) is 1. The number of rotatable bonds is 3. The van der Waals surface area contributed by atoms with Crippen molar-refractivity contribution in [2.75, 3.05) is 11.1 Å². The Morgan fingerprint density at radius 3 is 2.61 bits per heavy atom. The van der Waals surface area contributed by atoms with Crippen LogP contribution in [0.5, 0.6) is 0 Å². The van der Waals surface area contributed by atoms with E-state index in [1.54, 1.807) is 24.3 Å². The molecule has 1 heterocycles. The van der Waals surface area contributed by atoms with E-state index in [1.807, 2.05) is 0 Å². The zero-order valence-corrected chi connectivity index (χ0v) is 9.77. The topological polar surface area (TPSA) is 85.3 Å². The van der Waals surface area contributed by atoms with Crippen LogP contribution in [0.3, 0.4) is 0 Å². The second-order valence-electron chi connectivity index (χ2n) is 3.79. The van der Waals surface area contributed by atoms with Gasteiger partial charge in [0.25, 0.3) is 5.91 Å². The van der Waals surface area contributed by atoms with E-state index >= 15 is 0 Å². The smallest absolute Gasteiger partial charge is 0.291 e. The van der Waals surface area contributed by atoms with Gasteiger partial charge in [-0.3, -0.25) is 9.59 Å². The molecule has 92 valence electrons. The fraction of sp³-hybridized carbons (Fsp3) is 0.0769. The van der Waals surface area contributed by atoms with Gasteiger partial charge in [0, 0.05) is 17.3 Å². The van der Waals surface area contributed by atoms with Gasteiger partial charge in [-0.15, -0.1) is 0 Å². The van der Waals surface area contributed by atoms with Crippen molar-refractivity contribution < 1.29 is 14.0 Å². The van der Waals surface area contributed by atoms with Crippen LogP contribution in [0.15, 0.2) is 40.8 Å². The summed E-state index contributed by atoms with van der Waals surface area (Å²) in [5.74, 6) is -0.167. The Morgan fingerprint density at radius 1 is 1.22 bits per heavy atom. The lowest BCUT2D eigenvalue weighted by atomic mass is 10.1. The molecule has 0 aliphatic carbocycles. The molecule has 1 aromatic heterocycles. The molecule has 1 aromatic carbocycles. The van der Waals surface area contributed by atoms with Gasteiger partial charge >= 0.3 is 0 Å². The lowest BCUT2D eigenvalue weighted by molar-refractivity contribution is 0.0993. The van der Waals surface area contributed by atoms with Crippen LogP contribution < -0.4 is 11.1 Å². The molecule has 2 aromatic rings. The summed E-state index contributed by atoms with van der Waals surface area (Å²) in [4.78, 5) is 23.0. The monoisotopic (exact) mass is 244 g/mol. The summed E-state index contributed by atoms with van der Waals surface area (Å²) in [6, 6.07) is 9.66. The van der Waals surface area contributed by atoms with Crippen LogP contribution >= 0.6 is 0 Å². The summed E-state index contributed by atoms with van der Waals surface area (Å²) in [6.07, 6.45) is 0. The van der Waals surface area contributed by atoms with Crippen molar-refractivity contribution in [3.05, 3.63) is 47.7 Å². The zero-order valence-electron chi connectivity index (χ0n) is 9.77. The Bertz CT molecular complexity index is 602. The molecule has 0 saturated heterocycles. The molecule has 0 aliphatic rings. The Hall–Kier alpha value is -2.56. The third-order valence-electron chi connectivity index (χ3n) is 2.38. The summed E-state index contributed by atoms with van der Waals surface area (Å²) < 4.78 is 4.99. The van der Waals surface area contributed by atoms with Crippen LogP contribution in [-0.4, -0.2) is 11.7 Å². The van der Waals surface area contributed by atoms with Crippen molar-refractivity contribution in [2.24, 2.45) is 0 Å². The molecule has 1 amide bonds. The van der Waals surface area contributed by atoms with Crippen molar-refractivity contribution in [1.29, 1.82) is 0 Å². The van der Waals surface area contributed by atoms with Crippen molar-refractivity contribution in [2.45, 2.75) is 6.92 Å². The standard InChI is InChI=1S/C13H12N2O3/c1-8(16)9-3-2-4-10(7-9)15-13(17)11-5-6-12(14)18-11/h2-7H,14H2,1H3,(H,15,17). The highest BCUT2D eigenvalue weighted by atomic mass is 16.4. The molecule has 2 rings (SSSR count). The zero-order chi connectivity index (χ0) is 13.1. The molecule has 0 atom stereocenters. The SMILES string of the molecule is CC(=O)c1cccc(NC(=O)c2ccc(N)o2)c1. The molecule has 5 nitrogen and oxygen atoms in total. The minimum Gasteiger partial charge on any atom is -0.436 e. The summed E-state index contributed by atoms with van der Waals surface area (Å²) in [5, 5.41) is 2.63. The molecule has 0 aliphatic heterocycles. The molecular weight excluding hydrogens is 232 g/mol. The first-order valence-electron chi connectivity index (χ1n) is 5.34. The minimum absolute atomic E-state index is 0.0617. The van der Waals surface area contributed by atoms with E-state index in [4.69, 9.17) is 10.2 Å². The first kappa shape index (κ1) is 11.9. The van der Waals surface area contributed by atoms with Gasteiger partial charge in [0.15, 0.2) is 17.4 Å². The second-order valence-corrected chi connectivity index (χ2v) is 3.79. The van der Waals surface area contributed by atoms with Crippen LogP contribution in [0, 0.1) is 0 Å². The van der Waals surface area contributed by atoms with E-state index < -0.39 is 5.91 Å². The van der Waals surface area contributed by atoms with Gasteiger partial charge < -0.3 is 15.5 Å². The van der Waals surface area contributed by atoms with Crippen molar-refractivity contribution in [3.63, 3.8) is 0 Å². The number of ketones is 1. The number of nitrogen functional groups attached to an aromatic ring is 1. The number of amides is 1. The Morgan fingerprint density at radius 2 is 2.00 bits per heavy atom.